The van der Waals surface area contributed by atoms with Gasteiger partial charge >= 0.3 is 0 Å². The highest BCUT2D eigenvalue weighted by molar-refractivity contribution is 5.58. The number of aromatic nitrogens is 2. The maximum Gasteiger partial charge on any atom is 0.161 e. The molecule has 0 amide bonds. The summed E-state index contributed by atoms with van der Waals surface area (Å²) in [6.45, 7) is 4.26. The fourth-order valence-electron chi connectivity index (χ4n) is 1.83. The molecule has 2 rings (SSSR count). The Morgan fingerprint density at radius 3 is 2.28 bits per heavy atom. The predicted molar refractivity (Wildman–Crippen MR) is 75.8 cm³/mol. The van der Waals surface area contributed by atoms with Crippen molar-refractivity contribution in [3.63, 3.8) is 0 Å². The lowest BCUT2D eigenvalue weighted by atomic mass is 10.1. The molecule has 0 radical (unpaired) electrons. The minimum atomic E-state index is 0.793. The van der Waals surface area contributed by atoms with Crippen LogP contribution in [0.3, 0.4) is 0 Å². The normalized spacial score (nSPS) is 10.4. The van der Waals surface area contributed by atoms with Crippen molar-refractivity contribution in [2.75, 3.05) is 12.4 Å². The van der Waals surface area contributed by atoms with Gasteiger partial charge in [-0.3, -0.25) is 0 Å². The fourth-order valence-corrected chi connectivity index (χ4v) is 1.83. The van der Waals surface area contributed by atoms with Gasteiger partial charge in [0.1, 0.15) is 5.82 Å². The van der Waals surface area contributed by atoms with E-state index >= 15 is 0 Å². The summed E-state index contributed by atoms with van der Waals surface area (Å²) >= 11 is 0. The van der Waals surface area contributed by atoms with Crippen LogP contribution in [-0.2, 0) is 12.8 Å². The van der Waals surface area contributed by atoms with Crippen molar-refractivity contribution in [3.8, 4) is 11.4 Å². The van der Waals surface area contributed by atoms with Gasteiger partial charge in [0.05, 0.1) is 0 Å². The lowest BCUT2D eigenvalue weighted by molar-refractivity contribution is 1.00. The Hall–Kier alpha value is -1.90. The van der Waals surface area contributed by atoms with Gasteiger partial charge in [0.25, 0.3) is 0 Å². The fraction of sp³-hybridized carbons (Fsp3) is 0.333. The van der Waals surface area contributed by atoms with Crippen LogP contribution in [0.15, 0.2) is 30.3 Å². The van der Waals surface area contributed by atoms with E-state index in [1.54, 1.807) is 0 Å². The molecule has 3 heteroatoms. The van der Waals surface area contributed by atoms with Gasteiger partial charge in [0.2, 0.25) is 0 Å². The topological polar surface area (TPSA) is 37.8 Å². The first-order valence-corrected chi connectivity index (χ1v) is 6.41. The number of benzene rings is 1. The molecule has 0 aliphatic carbocycles. The van der Waals surface area contributed by atoms with E-state index in [0.29, 0.717) is 0 Å². The van der Waals surface area contributed by atoms with Crippen molar-refractivity contribution in [1.29, 1.82) is 0 Å². The molecule has 1 aromatic heterocycles. The van der Waals surface area contributed by atoms with Gasteiger partial charge in [0, 0.05) is 24.4 Å². The second kappa shape index (κ2) is 5.63. The van der Waals surface area contributed by atoms with E-state index in [-0.39, 0.29) is 0 Å². The van der Waals surface area contributed by atoms with E-state index in [1.807, 2.05) is 13.1 Å². The van der Waals surface area contributed by atoms with Crippen LogP contribution >= 0.6 is 0 Å². The van der Waals surface area contributed by atoms with Gasteiger partial charge < -0.3 is 5.32 Å². The summed E-state index contributed by atoms with van der Waals surface area (Å²) < 4.78 is 0. The van der Waals surface area contributed by atoms with Crippen molar-refractivity contribution in [2.45, 2.75) is 26.7 Å². The zero-order valence-corrected chi connectivity index (χ0v) is 11.2. The first kappa shape index (κ1) is 12.6. The lowest BCUT2D eigenvalue weighted by Crippen LogP contribution is -2.00. The first-order valence-electron chi connectivity index (χ1n) is 6.41. The lowest BCUT2D eigenvalue weighted by Gasteiger charge is -2.07. The van der Waals surface area contributed by atoms with Crippen LogP contribution in [0.1, 0.15) is 25.1 Å². The average Bonchev–Trinajstić information content (AvgIpc) is 2.46. The third-order valence-electron chi connectivity index (χ3n) is 3.02. The Morgan fingerprint density at radius 1 is 1.00 bits per heavy atom. The number of rotatable bonds is 4. The monoisotopic (exact) mass is 241 g/mol. The van der Waals surface area contributed by atoms with E-state index < -0.39 is 0 Å². The average molecular weight is 241 g/mol. The largest absolute Gasteiger partial charge is 0.373 e. The van der Waals surface area contributed by atoms with E-state index in [9.17, 15) is 0 Å². The van der Waals surface area contributed by atoms with Crippen LogP contribution in [0, 0.1) is 0 Å². The number of nitrogens with one attached hydrogen (secondary N) is 1. The summed E-state index contributed by atoms with van der Waals surface area (Å²) in [5.74, 6) is 1.66. The molecule has 18 heavy (non-hydrogen) atoms. The van der Waals surface area contributed by atoms with Crippen molar-refractivity contribution in [1.82, 2.24) is 9.97 Å². The van der Waals surface area contributed by atoms with Gasteiger partial charge in [0.15, 0.2) is 5.82 Å². The van der Waals surface area contributed by atoms with E-state index in [1.165, 1.54) is 5.56 Å². The highest BCUT2D eigenvalue weighted by atomic mass is 15.0. The van der Waals surface area contributed by atoms with Crippen LogP contribution in [0.2, 0.25) is 0 Å². The third-order valence-corrected chi connectivity index (χ3v) is 3.02. The second-order valence-corrected chi connectivity index (χ2v) is 4.22. The van der Waals surface area contributed by atoms with Crippen LogP contribution < -0.4 is 5.32 Å². The first-order chi connectivity index (χ1) is 8.76. The minimum Gasteiger partial charge on any atom is -0.373 e. The second-order valence-electron chi connectivity index (χ2n) is 4.22. The Bertz CT molecular complexity index is 496. The molecular formula is C15H19N3. The molecule has 0 saturated carbocycles. The molecule has 0 aliphatic rings. The molecule has 0 saturated heterocycles. The van der Waals surface area contributed by atoms with Crippen LogP contribution in [-0.4, -0.2) is 17.0 Å². The third kappa shape index (κ3) is 2.67. The minimum absolute atomic E-state index is 0.793. The Labute approximate surface area is 108 Å². The molecule has 0 spiro atoms. The smallest absolute Gasteiger partial charge is 0.161 e. The number of anilines is 1. The Kier molecular flexibility index (Phi) is 3.92. The molecule has 94 valence electrons. The predicted octanol–water partition coefficient (Wildman–Crippen LogP) is 3.31. The molecule has 1 heterocycles. The molecule has 3 nitrogen and oxygen atoms in total. The number of nitrogens with zero attached hydrogens (tertiary/aromatic N) is 2. The Balaban J connectivity index is 2.41. The van der Waals surface area contributed by atoms with Gasteiger partial charge in [-0.05, 0) is 18.4 Å². The van der Waals surface area contributed by atoms with Gasteiger partial charge in [-0.15, -0.1) is 0 Å². The summed E-state index contributed by atoms with van der Waals surface area (Å²) in [4.78, 5) is 9.08. The van der Waals surface area contributed by atoms with Crippen LogP contribution in [0.4, 0.5) is 5.82 Å². The Morgan fingerprint density at radius 2 is 1.72 bits per heavy atom. The van der Waals surface area contributed by atoms with Gasteiger partial charge in [-0.2, -0.15) is 0 Å². The maximum absolute atomic E-state index is 4.57. The summed E-state index contributed by atoms with van der Waals surface area (Å²) in [5.41, 5.74) is 3.46. The van der Waals surface area contributed by atoms with Crippen molar-refractivity contribution in [2.24, 2.45) is 0 Å². The standard InChI is InChI=1S/C15H19N3/c1-4-11-6-8-12(9-7-11)15-17-13(5-2)10-14(16-3)18-15/h6-10H,4-5H2,1-3H3,(H,16,17,18). The molecule has 0 fully saturated rings. The van der Waals surface area contributed by atoms with Crippen LogP contribution in [0.25, 0.3) is 11.4 Å². The summed E-state index contributed by atoms with van der Waals surface area (Å²) in [6, 6.07) is 10.4. The van der Waals surface area contributed by atoms with E-state index in [2.05, 4.69) is 53.4 Å². The molecule has 1 aromatic carbocycles. The number of aryl methyl sites for hydroxylation is 2. The van der Waals surface area contributed by atoms with Crippen molar-refractivity contribution in [3.05, 3.63) is 41.6 Å². The maximum atomic E-state index is 4.57. The molecule has 1 N–H and O–H groups in total. The van der Waals surface area contributed by atoms with E-state index in [0.717, 1.165) is 35.7 Å². The molecular weight excluding hydrogens is 222 g/mol. The zero-order valence-electron chi connectivity index (χ0n) is 11.2. The van der Waals surface area contributed by atoms with Crippen LogP contribution in [0.5, 0.6) is 0 Å². The number of hydrogen-bond donors (Lipinski definition) is 1. The highest BCUT2D eigenvalue weighted by Crippen LogP contribution is 2.19. The summed E-state index contributed by atoms with van der Waals surface area (Å²) in [5, 5.41) is 3.08. The molecule has 0 aliphatic heterocycles. The van der Waals surface area contributed by atoms with Crippen molar-refractivity contribution < 1.29 is 0 Å². The summed E-state index contributed by atoms with van der Waals surface area (Å²) in [7, 11) is 1.88. The molecule has 0 unspecified atom stereocenters. The van der Waals surface area contributed by atoms with Gasteiger partial charge in [-0.1, -0.05) is 38.1 Å². The van der Waals surface area contributed by atoms with E-state index in [4.69, 9.17) is 0 Å². The number of hydrogen-bond acceptors (Lipinski definition) is 3. The quantitative estimate of drug-likeness (QED) is 0.892. The molecule has 0 atom stereocenters. The summed E-state index contributed by atoms with van der Waals surface area (Å²) in [6.07, 6.45) is 1.97. The molecule has 0 bridgehead atoms. The zero-order chi connectivity index (χ0) is 13.0. The molecule has 2 aromatic rings. The van der Waals surface area contributed by atoms with Crippen molar-refractivity contribution >= 4 is 5.82 Å². The van der Waals surface area contributed by atoms with Gasteiger partial charge in [-0.25, -0.2) is 9.97 Å². The highest BCUT2D eigenvalue weighted by Gasteiger charge is 2.05. The SMILES string of the molecule is CCc1ccc(-c2nc(CC)cc(NC)n2)cc1.